The van der Waals surface area contributed by atoms with Crippen LogP contribution in [-0.2, 0) is 4.74 Å². The van der Waals surface area contributed by atoms with Crippen molar-refractivity contribution in [3.8, 4) is 0 Å². The van der Waals surface area contributed by atoms with Crippen LogP contribution < -0.4 is 10.2 Å². The summed E-state index contributed by atoms with van der Waals surface area (Å²) in [6, 6.07) is 1.64. The van der Waals surface area contributed by atoms with Gasteiger partial charge in [0.05, 0.1) is 6.10 Å². The number of rotatable bonds is 7. The lowest BCUT2D eigenvalue weighted by atomic mass is 10.2. The molecule has 1 aliphatic rings. The molecule has 1 amide bonds. The van der Waals surface area contributed by atoms with Crippen LogP contribution in [0.5, 0.6) is 0 Å². The summed E-state index contributed by atoms with van der Waals surface area (Å²) in [4.78, 5) is 22.6. The number of hydrogen-bond acceptors (Lipinski definition) is 5. The molecule has 1 unspecified atom stereocenters. The molecule has 2 rings (SSSR count). The van der Waals surface area contributed by atoms with Gasteiger partial charge in [-0.15, -0.1) is 0 Å². The molecule has 1 aromatic heterocycles. The van der Waals surface area contributed by atoms with E-state index in [-0.39, 0.29) is 12.0 Å². The Bertz CT molecular complexity index is 461. The first-order valence-corrected chi connectivity index (χ1v) is 7.64. The second-order valence-corrected chi connectivity index (χ2v) is 5.36. The van der Waals surface area contributed by atoms with E-state index in [1.807, 2.05) is 11.9 Å². The minimum atomic E-state index is -0.168. The molecule has 0 aliphatic carbocycles. The summed E-state index contributed by atoms with van der Waals surface area (Å²) >= 11 is 0. The summed E-state index contributed by atoms with van der Waals surface area (Å²) in [5.74, 6) is 0.422. The van der Waals surface area contributed by atoms with Gasteiger partial charge in [-0.05, 0) is 25.3 Å². The van der Waals surface area contributed by atoms with Crippen molar-refractivity contribution in [1.29, 1.82) is 0 Å². The number of carbonyl (C=O) groups excluding carboxylic acids is 1. The summed E-state index contributed by atoms with van der Waals surface area (Å²) in [5.41, 5.74) is 0.404. The van der Waals surface area contributed by atoms with Crippen molar-refractivity contribution in [2.24, 2.45) is 0 Å². The van der Waals surface area contributed by atoms with Crippen LogP contribution >= 0.6 is 0 Å². The summed E-state index contributed by atoms with van der Waals surface area (Å²) in [5, 5.41) is 2.88. The number of anilines is 1. The Hall–Kier alpha value is -1.69. The van der Waals surface area contributed by atoms with E-state index < -0.39 is 0 Å². The van der Waals surface area contributed by atoms with Crippen molar-refractivity contribution in [1.82, 2.24) is 15.3 Å². The molecule has 1 aromatic rings. The van der Waals surface area contributed by atoms with Crippen molar-refractivity contribution in [2.75, 3.05) is 31.6 Å². The van der Waals surface area contributed by atoms with Crippen molar-refractivity contribution < 1.29 is 9.53 Å². The van der Waals surface area contributed by atoms with Crippen molar-refractivity contribution >= 4 is 11.9 Å². The van der Waals surface area contributed by atoms with Crippen LogP contribution in [0.3, 0.4) is 0 Å². The molecule has 2 heterocycles. The average molecular weight is 292 g/mol. The number of aromatic nitrogens is 2. The molecule has 0 bridgehead atoms. The molecule has 21 heavy (non-hydrogen) atoms. The SMILES string of the molecule is CCCCN(C)c1nccc(C(=O)NCC2CCCO2)n1. The molecule has 1 fully saturated rings. The van der Waals surface area contributed by atoms with Gasteiger partial charge in [0.1, 0.15) is 5.69 Å². The Morgan fingerprint density at radius 2 is 2.43 bits per heavy atom. The first kappa shape index (κ1) is 15.7. The Morgan fingerprint density at radius 3 is 3.14 bits per heavy atom. The van der Waals surface area contributed by atoms with E-state index in [2.05, 4.69) is 22.2 Å². The van der Waals surface area contributed by atoms with Gasteiger partial charge in [-0.1, -0.05) is 13.3 Å². The smallest absolute Gasteiger partial charge is 0.270 e. The van der Waals surface area contributed by atoms with Crippen LogP contribution in [0.2, 0.25) is 0 Å². The predicted molar refractivity (Wildman–Crippen MR) is 81.5 cm³/mol. The number of nitrogens with one attached hydrogen (secondary N) is 1. The van der Waals surface area contributed by atoms with E-state index in [1.165, 1.54) is 0 Å². The third-order valence-electron chi connectivity index (χ3n) is 3.58. The molecule has 0 aromatic carbocycles. The van der Waals surface area contributed by atoms with E-state index in [0.29, 0.717) is 18.2 Å². The summed E-state index contributed by atoms with van der Waals surface area (Å²) in [6.45, 7) is 4.37. The maximum absolute atomic E-state index is 12.1. The first-order chi connectivity index (χ1) is 10.2. The molecule has 1 atom stereocenters. The van der Waals surface area contributed by atoms with E-state index in [9.17, 15) is 4.79 Å². The molecular weight excluding hydrogens is 268 g/mol. The third kappa shape index (κ3) is 4.67. The van der Waals surface area contributed by atoms with Crippen LogP contribution in [0.25, 0.3) is 0 Å². The number of unbranched alkanes of at least 4 members (excludes halogenated alkanes) is 1. The largest absolute Gasteiger partial charge is 0.376 e. The summed E-state index contributed by atoms with van der Waals surface area (Å²) < 4.78 is 5.49. The zero-order valence-electron chi connectivity index (χ0n) is 12.8. The molecule has 0 saturated carbocycles. The van der Waals surface area contributed by atoms with Crippen molar-refractivity contribution in [3.63, 3.8) is 0 Å². The highest BCUT2D eigenvalue weighted by molar-refractivity contribution is 5.92. The number of ether oxygens (including phenoxy) is 1. The third-order valence-corrected chi connectivity index (χ3v) is 3.58. The zero-order valence-corrected chi connectivity index (χ0v) is 12.8. The fourth-order valence-corrected chi connectivity index (χ4v) is 2.26. The van der Waals surface area contributed by atoms with Gasteiger partial charge in [0.25, 0.3) is 5.91 Å². The number of hydrogen-bond donors (Lipinski definition) is 1. The van der Waals surface area contributed by atoms with Gasteiger partial charge in [0.2, 0.25) is 5.95 Å². The summed E-state index contributed by atoms with van der Waals surface area (Å²) in [6.07, 6.45) is 6.05. The normalized spacial score (nSPS) is 17.7. The minimum Gasteiger partial charge on any atom is -0.376 e. The number of nitrogens with zero attached hydrogens (tertiary/aromatic N) is 3. The van der Waals surface area contributed by atoms with E-state index in [0.717, 1.165) is 38.8 Å². The quantitative estimate of drug-likeness (QED) is 0.827. The fourth-order valence-electron chi connectivity index (χ4n) is 2.26. The van der Waals surface area contributed by atoms with Crippen LogP contribution in [0.1, 0.15) is 43.1 Å². The second kappa shape index (κ2) is 7.93. The predicted octanol–water partition coefficient (Wildman–Crippen LogP) is 1.62. The lowest BCUT2D eigenvalue weighted by Gasteiger charge is -2.17. The van der Waals surface area contributed by atoms with Crippen LogP contribution in [0, 0.1) is 0 Å². The number of carbonyl (C=O) groups is 1. The molecule has 1 saturated heterocycles. The van der Waals surface area contributed by atoms with E-state index in [1.54, 1.807) is 12.3 Å². The molecule has 1 aliphatic heterocycles. The lowest BCUT2D eigenvalue weighted by molar-refractivity contribution is 0.0853. The molecular formula is C15H24N4O2. The molecule has 1 N–H and O–H groups in total. The number of amides is 1. The average Bonchev–Trinajstić information content (AvgIpc) is 3.03. The highest BCUT2D eigenvalue weighted by Crippen LogP contribution is 2.11. The second-order valence-electron chi connectivity index (χ2n) is 5.36. The lowest BCUT2D eigenvalue weighted by Crippen LogP contribution is -2.32. The molecule has 116 valence electrons. The van der Waals surface area contributed by atoms with E-state index >= 15 is 0 Å². The highest BCUT2D eigenvalue weighted by Gasteiger charge is 2.17. The Morgan fingerprint density at radius 1 is 1.57 bits per heavy atom. The molecule has 6 nitrogen and oxygen atoms in total. The van der Waals surface area contributed by atoms with Crippen molar-refractivity contribution in [3.05, 3.63) is 18.0 Å². The van der Waals surface area contributed by atoms with Crippen LogP contribution in [0.4, 0.5) is 5.95 Å². The topological polar surface area (TPSA) is 67.4 Å². The van der Waals surface area contributed by atoms with Gasteiger partial charge < -0.3 is 15.0 Å². The Kier molecular flexibility index (Phi) is 5.92. The first-order valence-electron chi connectivity index (χ1n) is 7.64. The molecule has 0 spiro atoms. The maximum Gasteiger partial charge on any atom is 0.270 e. The van der Waals surface area contributed by atoms with Gasteiger partial charge >= 0.3 is 0 Å². The zero-order chi connectivity index (χ0) is 15.1. The highest BCUT2D eigenvalue weighted by atomic mass is 16.5. The van der Waals surface area contributed by atoms with Crippen LogP contribution in [0.15, 0.2) is 12.3 Å². The Labute approximate surface area is 125 Å². The van der Waals surface area contributed by atoms with Gasteiger partial charge in [-0.3, -0.25) is 4.79 Å². The maximum atomic E-state index is 12.1. The van der Waals surface area contributed by atoms with Gasteiger partial charge in [0.15, 0.2) is 0 Å². The van der Waals surface area contributed by atoms with E-state index in [4.69, 9.17) is 4.74 Å². The van der Waals surface area contributed by atoms with Gasteiger partial charge in [-0.25, -0.2) is 9.97 Å². The standard InChI is InChI=1S/C15H24N4O2/c1-3-4-9-19(2)15-16-8-7-13(18-15)14(20)17-11-12-6-5-10-21-12/h7-8,12H,3-6,9-11H2,1-2H3,(H,17,20). The minimum absolute atomic E-state index is 0.141. The fraction of sp³-hybridized carbons (Fsp3) is 0.667. The van der Waals surface area contributed by atoms with Crippen molar-refractivity contribution in [2.45, 2.75) is 38.7 Å². The van der Waals surface area contributed by atoms with Gasteiger partial charge in [0, 0.05) is 32.9 Å². The monoisotopic (exact) mass is 292 g/mol. The Balaban J connectivity index is 1.90. The summed E-state index contributed by atoms with van der Waals surface area (Å²) in [7, 11) is 1.94. The van der Waals surface area contributed by atoms with Gasteiger partial charge in [-0.2, -0.15) is 0 Å². The molecule has 6 heteroatoms. The molecule has 0 radical (unpaired) electrons. The van der Waals surface area contributed by atoms with Crippen LogP contribution in [-0.4, -0.2) is 48.7 Å².